The Kier molecular flexibility index (Phi) is 5.54. The van der Waals surface area contributed by atoms with Crippen molar-refractivity contribution in [3.05, 3.63) is 47.3 Å². The highest BCUT2D eigenvalue weighted by Crippen LogP contribution is 2.28. The molecule has 8 heteroatoms. The molecule has 0 bridgehead atoms. The van der Waals surface area contributed by atoms with Crippen LogP contribution in [0.5, 0.6) is 0 Å². The van der Waals surface area contributed by atoms with E-state index < -0.39 is 16.0 Å². The van der Waals surface area contributed by atoms with Crippen molar-refractivity contribution in [1.29, 1.82) is 0 Å². The first-order valence-electron chi connectivity index (χ1n) is 9.25. The van der Waals surface area contributed by atoms with Gasteiger partial charge in [0, 0.05) is 44.1 Å². The van der Waals surface area contributed by atoms with Crippen molar-refractivity contribution in [2.45, 2.75) is 31.7 Å². The molecule has 1 aliphatic heterocycles. The smallest absolute Gasteiger partial charge is 0.354 e. The topological polar surface area (TPSA) is 71.8 Å². The number of aryl methyl sites for hydroxylation is 1. The van der Waals surface area contributed by atoms with Gasteiger partial charge < -0.3 is 14.2 Å². The molecular weight excluding hydrogens is 378 g/mol. The average molecular weight is 406 g/mol. The molecule has 1 fully saturated rings. The summed E-state index contributed by atoms with van der Waals surface area (Å²) in [6.45, 7) is 7.17. The molecule has 1 saturated heterocycles. The average Bonchev–Trinajstić information content (AvgIpc) is 2.96. The number of benzene rings is 1. The number of carbonyl (C=O) groups excluding carboxylic acids is 1. The van der Waals surface area contributed by atoms with Crippen LogP contribution in [-0.4, -0.2) is 56.0 Å². The van der Waals surface area contributed by atoms with Crippen LogP contribution in [0.4, 0.5) is 5.69 Å². The predicted octanol–water partition coefficient (Wildman–Crippen LogP) is 2.33. The number of aromatic nitrogens is 1. The number of methoxy groups -OCH3 is 1. The molecule has 1 aromatic heterocycles. The fraction of sp³-hybridized carbons (Fsp3) is 0.450. The van der Waals surface area contributed by atoms with Crippen molar-refractivity contribution in [3.63, 3.8) is 0 Å². The van der Waals surface area contributed by atoms with Crippen molar-refractivity contribution < 1.29 is 17.9 Å². The van der Waals surface area contributed by atoms with Crippen LogP contribution in [0.2, 0.25) is 0 Å². The van der Waals surface area contributed by atoms with Crippen LogP contribution >= 0.6 is 0 Å². The van der Waals surface area contributed by atoms with Crippen LogP contribution in [0.15, 0.2) is 35.2 Å². The van der Waals surface area contributed by atoms with E-state index in [0.29, 0.717) is 25.3 Å². The highest BCUT2D eigenvalue weighted by Gasteiger charge is 2.35. The molecule has 0 N–H and O–H groups in total. The Balaban J connectivity index is 1.86. The summed E-state index contributed by atoms with van der Waals surface area (Å²) < 4.78 is 34.4. The highest BCUT2D eigenvalue weighted by molar-refractivity contribution is 7.89. The first-order valence-corrected chi connectivity index (χ1v) is 10.7. The van der Waals surface area contributed by atoms with E-state index >= 15 is 0 Å². The van der Waals surface area contributed by atoms with E-state index in [1.165, 1.54) is 23.0 Å². The molecule has 0 radical (unpaired) electrons. The van der Waals surface area contributed by atoms with Gasteiger partial charge in [0.25, 0.3) is 0 Å². The van der Waals surface area contributed by atoms with E-state index in [2.05, 4.69) is 17.0 Å². The molecule has 7 nitrogen and oxygen atoms in total. The third-order valence-electron chi connectivity index (χ3n) is 5.42. The Morgan fingerprint density at radius 1 is 1.18 bits per heavy atom. The molecule has 0 aliphatic carbocycles. The van der Waals surface area contributed by atoms with Gasteiger partial charge in [0.2, 0.25) is 10.0 Å². The third kappa shape index (κ3) is 3.54. The first kappa shape index (κ1) is 20.4. The molecule has 28 heavy (non-hydrogen) atoms. The number of hydrogen-bond donors (Lipinski definition) is 0. The molecule has 0 spiro atoms. The molecule has 2 aromatic rings. The minimum Gasteiger partial charge on any atom is -0.464 e. The molecule has 3 rings (SSSR count). The van der Waals surface area contributed by atoms with E-state index in [4.69, 9.17) is 4.74 Å². The number of hydrogen-bond acceptors (Lipinski definition) is 5. The van der Waals surface area contributed by atoms with Gasteiger partial charge >= 0.3 is 5.97 Å². The minimum absolute atomic E-state index is 0.0365. The van der Waals surface area contributed by atoms with Crippen molar-refractivity contribution in [1.82, 2.24) is 8.87 Å². The van der Waals surface area contributed by atoms with Crippen LogP contribution in [0, 0.1) is 13.8 Å². The second-order valence-corrected chi connectivity index (χ2v) is 9.18. The van der Waals surface area contributed by atoms with Gasteiger partial charge in [-0.2, -0.15) is 4.31 Å². The van der Waals surface area contributed by atoms with Gasteiger partial charge in [-0.05, 0) is 44.5 Å². The number of anilines is 1. The summed E-state index contributed by atoms with van der Waals surface area (Å²) >= 11 is 0. The normalized spacial score (nSPS) is 18.3. The van der Waals surface area contributed by atoms with Gasteiger partial charge in [0.1, 0.15) is 10.6 Å². The van der Waals surface area contributed by atoms with E-state index in [-0.39, 0.29) is 16.6 Å². The minimum atomic E-state index is -3.70. The van der Waals surface area contributed by atoms with Gasteiger partial charge in [0.15, 0.2) is 0 Å². The number of carbonyl (C=O) groups is 1. The molecular formula is C20H27N3O4S. The summed E-state index contributed by atoms with van der Waals surface area (Å²) in [6.07, 6.45) is 0. The number of ether oxygens (including phenoxy) is 1. The van der Waals surface area contributed by atoms with E-state index in [0.717, 1.165) is 5.69 Å². The third-order valence-corrected chi connectivity index (χ3v) is 7.41. The van der Waals surface area contributed by atoms with Crippen LogP contribution in [0.3, 0.4) is 0 Å². The summed E-state index contributed by atoms with van der Waals surface area (Å²) in [7, 11) is -0.756. The quantitative estimate of drug-likeness (QED) is 0.730. The molecule has 0 saturated carbocycles. The number of piperazine rings is 1. The summed E-state index contributed by atoms with van der Waals surface area (Å²) in [5.41, 5.74) is 3.03. The lowest BCUT2D eigenvalue weighted by atomic mass is 10.1. The standard InChI is InChI=1S/C20H27N3O4S/c1-14-7-6-8-17(11-14)23-10-9-22(13-15(23)2)28(25,26)19-12-18(20(24)27-5)21(4)16(19)3/h6-8,11-12,15H,9-10,13H2,1-5H3/t15-/m1/s1. The Hall–Kier alpha value is -2.32. The van der Waals surface area contributed by atoms with Crippen molar-refractivity contribution in [3.8, 4) is 0 Å². The van der Waals surface area contributed by atoms with E-state index in [9.17, 15) is 13.2 Å². The van der Waals surface area contributed by atoms with E-state index in [1.807, 2.05) is 26.0 Å². The van der Waals surface area contributed by atoms with Crippen LogP contribution in [-0.2, 0) is 21.8 Å². The molecule has 0 unspecified atom stereocenters. The maximum Gasteiger partial charge on any atom is 0.354 e. The highest BCUT2D eigenvalue weighted by atomic mass is 32.2. The Bertz CT molecular complexity index is 997. The Morgan fingerprint density at radius 2 is 1.89 bits per heavy atom. The predicted molar refractivity (Wildman–Crippen MR) is 108 cm³/mol. The maximum absolute atomic E-state index is 13.3. The first-order chi connectivity index (χ1) is 13.2. The monoisotopic (exact) mass is 405 g/mol. The molecule has 1 atom stereocenters. The molecule has 152 valence electrons. The fourth-order valence-electron chi connectivity index (χ4n) is 3.70. The maximum atomic E-state index is 13.3. The van der Waals surface area contributed by atoms with Crippen LogP contribution < -0.4 is 4.90 Å². The Labute approximate surface area is 166 Å². The summed E-state index contributed by atoms with van der Waals surface area (Å²) in [5.74, 6) is -0.551. The molecule has 1 aliphatic rings. The lowest BCUT2D eigenvalue weighted by molar-refractivity contribution is 0.0589. The van der Waals surface area contributed by atoms with Crippen LogP contribution in [0.25, 0.3) is 0 Å². The molecule has 2 heterocycles. The van der Waals surface area contributed by atoms with Gasteiger partial charge in [-0.1, -0.05) is 12.1 Å². The lowest BCUT2D eigenvalue weighted by Crippen LogP contribution is -2.53. The van der Waals surface area contributed by atoms with E-state index in [1.54, 1.807) is 18.5 Å². The largest absolute Gasteiger partial charge is 0.464 e. The zero-order valence-electron chi connectivity index (χ0n) is 17.0. The zero-order chi connectivity index (χ0) is 20.6. The van der Waals surface area contributed by atoms with Crippen molar-refractivity contribution in [2.75, 3.05) is 31.6 Å². The number of esters is 1. The Morgan fingerprint density at radius 3 is 2.50 bits per heavy atom. The summed E-state index contributed by atoms with van der Waals surface area (Å²) in [6, 6.07) is 9.68. The van der Waals surface area contributed by atoms with Crippen LogP contribution in [0.1, 0.15) is 28.7 Å². The van der Waals surface area contributed by atoms with Gasteiger partial charge in [-0.3, -0.25) is 0 Å². The summed E-state index contributed by atoms with van der Waals surface area (Å²) in [5, 5.41) is 0. The van der Waals surface area contributed by atoms with Gasteiger partial charge in [0.05, 0.1) is 7.11 Å². The second kappa shape index (κ2) is 7.60. The van der Waals surface area contributed by atoms with Crippen molar-refractivity contribution >= 4 is 21.7 Å². The second-order valence-electron chi connectivity index (χ2n) is 7.27. The fourth-order valence-corrected chi connectivity index (χ4v) is 5.49. The van der Waals surface area contributed by atoms with Crippen molar-refractivity contribution in [2.24, 2.45) is 7.05 Å². The van der Waals surface area contributed by atoms with Gasteiger partial charge in [-0.25, -0.2) is 13.2 Å². The number of rotatable bonds is 4. The SMILES string of the molecule is COC(=O)c1cc(S(=O)(=O)N2CCN(c3cccc(C)c3)[C@H](C)C2)c(C)n1C. The molecule has 0 amide bonds. The lowest BCUT2D eigenvalue weighted by Gasteiger charge is -2.40. The molecule has 1 aromatic carbocycles. The number of nitrogens with zero attached hydrogens (tertiary/aromatic N) is 3. The number of sulfonamides is 1. The zero-order valence-corrected chi connectivity index (χ0v) is 17.8. The summed E-state index contributed by atoms with van der Waals surface area (Å²) in [4.78, 5) is 14.3. The van der Waals surface area contributed by atoms with Gasteiger partial charge in [-0.15, -0.1) is 0 Å².